The average Bonchev–Trinajstić information content (AvgIpc) is 0.774. The summed E-state index contributed by atoms with van der Waals surface area (Å²) in [4.78, 5) is 25.4. The molecule has 20 N–H and O–H groups in total. The van der Waals surface area contributed by atoms with Crippen molar-refractivity contribution in [2.75, 3.05) is 64.4 Å². The molecule has 0 aromatic carbocycles. The first kappa shape index (κ1) is 85.4. The minimum absolute atomic E-state index is 0.151. The molecule has 98 heavy (non-hydrogen) atoms. The molecule has 0 aromatic rings. The van der Waals surface area contributed by atoms with E-state index in [1.54, 1.807) is 0 Å². The minimum Gasteiger partial charge on any atom is -0.394 e. The monoisotopic (exact) mass is 1460 g/mol. The second-order valence-corrected chi connectivity index (χ2v) is 28.5. The van der Waals surface area contributed by atoms with Gasteiger partial charge in [-0.1, -0.05) is 111 Å². The summed E-state index contributed by atoms with van der Waals surface area (Å²) in [5, 5.41) is 193. The van der Waals surface area contributed by atoms with Gasteiger partial charge < -0.3 is 159 Å². The summed E-state index contributed by atoms with van der Waals surface area (Å²) in [5.41, 5.74) is 0. The molecule has 0 unspecified atom stereocenters. The first-order chi connectivity index (χ1) is 47.0. The number of aliphatic hydroxyl groups is 18. The van der Waals surface area contributed by atoms with E-state index in [-0.39, 0.29) is 13.2 Å². The van der Waals surface area contributed by atoms with Crippen molar-refractivity contribution < 1.29 is 158 Å². The van der Waals surface area contributed by atoms with E-state index in [2.05, 4.69) is 10.6 Å². The highest BCUT2D eigenvalue weighted by Gasteiger charge is 2.58. The van der Waals surface area contributed by atoms with Crippen molar-refractivity contribution in [2.45, 2.75) is 314 Å². The molecule has 6 aliphatic heterocycles. The molecule has 36 heteroatoms. The van der Waals surface area contributed by atoms with E-state index in [0.29, 0.717) is 12.8 Å². The van der Waals surface area contributed by atoms with Gasteiger partial charge in [0.15, 0.2) is 37.7 Å². The predicted octanol–water partition coefficient (Wildman–Crippen LogP) is -5.39. The van der Waals surface area contributed by atoms with E-state index in [1.807, 2.05) is 21.6 Å². The Bertz CT molecular complexity index is 2050. The summed E-state index contributed by atoms with van der Waals surface area (Å²) in [6.07, 6.45) is -27.9. The van der Waals surface area contributed by atoms with E-state index in [9.17, 15) is 102 Å². The molecule has 574 valence electrons. The van der Waals surface area contributed by atoms with Crippen LogP contribution in [-0.2, 0) is 66.4 Å². The normalized spacial score (nSPS) is 40.1. The highest BCUT2D eigenvalue weighted by atomic mass is 33.1. The van der Waals surface area contributed by atoms with Gasteiger partial charge in [0.05, 0.1) is 39.6 Å². The van der Waals surface area contributed by atoms with Gasteiger partial charge in [-0.3, -0.25) is 9.59 Å². The van der Waals surface area contributed by atoms with Gasteiger partial charge in [-0.25, -0.2) is 0 Å². The van der Waals surface area contributed by atoms with Crippen LogP contribution in [0.25, 0.3) is 0 Å². The topological polar surface area (TPSA) is 533 Å². The number of carbonyl (C=O) groups excluding carboxylic acids is 2. The zero-order valence-corrected chi connectivity index (χ0v) is 57.3. The lowest BCUT2D eigenvalue weighted by molar-refractivity contribution is -0.374. The fraction of sp³-hybridized carbons (Fsp3) is 0.968. The molecule has 6 heterocycles. The Morgan fingerprint density at radius 1 is 0.296 bits per heavy atom. The van der Waals surface area contributed by atoms with Gasteiger partial charge in [-0.2, -0.15) is 0 Å². The highest BCUT2D eigenvalue weighted by Crippen LogP contribution is 2.37. The van der Waals surface area contributed by atoms with Crippen molar-refractivity contribution in [3.8, 4) is 0 Å². The standard InChI is InChI=1S/C62H112N2O32S2/c1-31(71)63-39-55(95-61-51(83)47(79)43(75)35(27-67)89-61)53(93-59-49(81)45(77)41(73)33(25-65)87-59)37(29-69)91-57(39)85-21-17-13-9-5-3-7-11-15-19-23-97-98-24-20-16-12-8-4-6-10-14-18-22-86-58-40(64-32(2)72)56(96-62-52(84)48(80)44(76)36(28-68)90-62)54(38(30-70)92-58)94-60-50(82)46(78)42(74)34(26-66)88-60/h33-62,65-70,73-84H,3-30H2,1-2H3,(H,63,71)(H,64,72)/t33-,34-,35+,36+,37-,38-,39-,40-,41-,42-,43-,44-,45+,46+,47-,48-,49-,50-,51+,52+,53-,54-,55-,56-,57-,58-,59+,60+,61+,62+/m1/s1. The van der Waals surface area contributed by atoms with Crippen LogP contribution < -0.4 is 10.6 Å². The van der Waals surface area contributed by atoms with Crippen LogP contribution in [0.3, 0.4) is 0 Å². The zero-order chi connectivity index (χ0) is 71.6. The maximum atomic E-state index is 12.7. The summed E-state index contributed by atoms with van der Waals surface area (Å²) in [7, 11) is 3.82. The molecule has 0 spiro atoms. The lowest BCUT2D eigenvalue weighted by Gasteiger charge is -2.50. The van der Waals surface area contributed by atoms with E-state index >= 15 is 0 Å². The van der Waals surface area contributed by atoms with Crippen LogP contribution in [-0.4, -0.2) is 352 Å². The van der Waals surface area contributed by atoms with Crippen molar-refractivity contribution in [2.24, 2.45) is 0 Å². The van der Waals surface area contributed by atoms with Crippen LogP contribution in [0.15, 0.2) is 0 Å². The molecule has 0 radical (unpaired) electrons. The smallest absolute Gasteiger partial charge is 0.217 e. The average molecular weight is 1460 g/mol. The number of ether oxygens (including phenoxy) is 12. The number of hydrogen-bond acceptors (Lipinski definition) is 34. The van der Waals surface area contributed by atoms with Crippen molar-refractivity contribution in [1.29, 1.82) is 0 Å². The molecule has 6 rings (SSSR count). The van der Waals surface area contributed by atoms with Gasteiger partial charge in [0.1, 0.15) is 146 Å². The van der Waals surface area contributed by atoms with Crippen LogP contribution >= 0.6 is 21.6 Å². The number of aliphatic hydroxyl groups excluding tert-OH is 18. The van der Waals surface area contributed by atoms with Gasteiger partial charge in [-0.05, 0) is 25.7 Å². The molecule has 30 atom stereocenters. The Morgan fingerprint density at radius 3 is 0.765 bits per heavy atom. The third-order valence-electron chi connectivity index (χ3n) is 18.3. The molecule has 0 bridgehead atoms. The van der Waals surface area contributed by atoms with Crippen molar-refractivity contribution in [1.82, 2.24) is 10.6 Å². The van der Waals surface area contributed by atoms with Gasteiger partial charge in [0, 0.05) is 38.6 Å². The zero-order valence-electron chi connectivity index (χ0n) is 55.7. The predicted molar refractivity (Wildman–Crippen MR) is 341 cm³/mol. The van der Waals surface area contributed by atoms with Crippen LogP contribution in [0, 0.1) is 0 Å². The third-order valence-corrected chi connectivity index (χ3v) is 20.9. The second kappa shape index (κ2) is 44.4. The maximum absolute atomic E-state index is 12.7. The van der Waals surface area contributed by atoms with Gasteiger partial charge >= 0.3 is 0 Å². The summed E-state index contributed by atoms with van der Waals surface area (Å²) >= 11 is 0. The third kappa shape index (κ3) is 24.5. The molecule has 2 amide bonds. The largest absolute Gasteiger partial charge is 0.394 e. The summed E-state index contributed by atoms with van der Waals surface area (Å²) < 4.78 is 71.3. The maximum Gasteiger partial charge on any atom is 0.217 e. The molecule has 0 aliphatic carbocycles. The number of amides is 2. The minimum atomic E-state index is -1.90. The Kier molecular flexibility index (Phi) is 38.7. The van der Waals surface area contributed by atoms with Gasteiger partial charge in [0.25, 0.3) is 0 Å². The Labute approximate surface area is 578 Å². The number of hydrogen-bond donors (Lipinski definition) is 20. The van der Waals surface area contributed by atoms with E-state index in [0.717, 1.165) is 114 Å². The molecular formula is C62H112N2O32S2. The number of unbranched alkanes of at least 4 members (excludes halogenated alkanes) is 16. The quantitative estimate of drug-likeness (QED) is 0.0200. The Hall–Kier alpha value is -1.56. The lowest BCUT2D eigenvalue weighted by Crippen LogP contribution is -2.70. The first-order valence-corrected chi connectivity index (χ1v) is 36.9. The molecule has 34 nitrogen and oxygen atoms in total. The molecule has 0 aromatic heterocycles. The lowest BCUT2D eigenvalue weighted by atomic mass is 9.94. The second-order valence-electron chi connectivity index (χ2n) is 25.8. The molecular weight excluding hydrogens is 1350 g/mol. The van der Waals surface area contributed by atoms with Crippen LogP contribution in [0.2, 0.25) is 0 Å². The SMILES string of the molecule is CC(=O)N[C@H]1[C@H](OCCCCCCCCCCCSSCCCCCCCCCCCO[C@@H]2O[C@H](CO)[C@@H](O[C@@H]3O[C@H](CO)[C@@H](O)[C@H](O)[C@H]3O)[C@H](O[C@@H]3O[C@@H](CO)[C@@H](O)[C@@H](O)[C@@H]3O)[C@H]2NC(C)=O)O[C@H](CO)[C@@H](O[C@@H]2O[C@H](CO)[C@@H](O)[C@H](O)[C@H]2O)[C@@H]1O[C@@H]1O[C@@H](CO)[C@@H](O)[C@@H](O)[C@@H]1O. The molecule has 6 fully saturated rings. The van der Waals surface area contributed by atoms with Gasteiger partial charge in [0.2, 0.25) is 11.8 Å². The number of carbonyl (C=O) groups is 2. The van der Waals surface area contributed by atoms with Gasteiger partial charge in [-0.15, -0.1) is 0 Å². The summed E-state index contributed by atoms with van der Waals surface area (Å²) in [6.45, 7) is -1.94. The van der Waals surface area contributed by atoms with Crippen molar-refractivity contribution >= 4 is 33.4 Å². The van der Waals surface area contributed by atoms with Crippen LogP contribution in [0.1, 0.15) is 129 Å². The summed E-state index contributed by atoms with van der Waals surface area (Å²) in [5.74, 6) is 0.995. The fourth-order valence-corrected chi connectivity index (χ4v) is 15.0. The van der Waals surface area contributed by atoms with E-state index in [1.165, 1.54) is 13.8 Å². The van der Waals surface area contributed by atoms with Crippen molar-refractivity contribution in [3.05, 3.63) is 0 Å². The molecule has 6 aliphatic rings. The summed E-state index contributed by atoms with van der Waals surface area (Å²) in [6, 6.07) is -2.58. The van der Waals surface area contributed by atoms with E-state index < -0.39 is 236 Å². The first-order valence-electron chi connectivity index (χ1n) is 34.4. The number of rotatable bonds is 43. The fourth-order valence-electron chi connectivity index (χ4n) is 12.7. The molecule has 6 saturated heterocycles. The molecule has 0 saturated carbocycles. The number of nitrogens with one attached hydrogen (secondary N) is 2. The van der Waals surface area contributed by atoms with Crippen LogP contribution in [0.4, 0.5) is 0 Å². The highest BCUT2D eigenvalue weighted by molar-refractivity contribution is 8.76. The van der Waals surface area contributed by atoms with Crippen molar-refractivity contribution in [3.63, 3.8) is 0 Å². The Balaban J connectivity index is 0.815. The Morgan fingerprint density at radius 2 is 0.520 bits per heavy atom. The van der Waals surface area contributed by atoms with E-state index in [4.69, 9.17) is 56.8 Å². The van der Waals surface area contributed by atoms with Crippen LogP contribution in [0.5, 0.6) is 0 Å².